The van der Waals surface area contributed by atoms with Gasteiger partial charge in [-0.3, -0.25) is 4.79 Å². The molecule has 154 valence electrons. The molecule has 0 bridgehead atoms. The van der Waals surface area contributed by atoms with Gasteiger partial charge in [0.15, 0.2) is 0 Å². The van der Waals surface area contributed by atoms with Crippen LogP contribution in [0.25, 0.3) is 0 Å². The molecule has 0 spiro atoms. The second kappa shape index (κ2) is 8.93. The molecule has 5 nitrogen and oxygen atoms in total. The van der Waals surface area contributed by atoms with Gasteiger partial charge in [-0.05, 0) is 62.5 Å². The topological polar surface area (TPSA) is 49.3 Å². The Morgan fingerprint density at radius 3 is 2.38 bits per heavy atom. The average Bonchev–Trinajstić information content (AvgIpc) is 2.75. The van der Waals surface area contributed by atoms with Gasteiger partial charge in [-0.15, -0.1) is 0 Å². The highest BCUT2D eigenvalue weighted by Crippen LogP contribution is 2.25. The lowest BCUT2D eigenvalue weighted by Gasteiger charge is -2.33. The van der Waals surface area contributed by atoms with Crippen LogP contribution >= 0.6 is 0 Å². The highest BCUT2D eigenvalue weighted by atomic mass is 16.2. The van der Waals surface area contributed by atoms with Gasteiger partial charge in [0, 0.05) is 31.9 Å². The molecule has 1 amide bonds. The van der Waals surface area contributed by atoms with Crippen molar-refractivity contribution in [3.8, 4) is 0 Å². The van der Waals surface area contributed by atoms with Crippen LogP contribution in [0.4, 0.5) is 5.95 Å². The van der Waals surface area contributed by atoms with Crippen molar-refractivity contribution in [1.82, 2.24) is 14.9 Å². The molecule has 4 rings (SSSR count). The first-order valence-corrected chi connectivity index (χ1v) is 11.0. The van der Waals surface area contributed by atoms with Crippen LogP contribution in [-0.2, 0) is 6.42 Å². The lowest BCUT2D eigenvalue weighted by Crippen LogP contribution is -2.39. The Bertz CT molecular complexity index is 822. The zero-order valence-corrected chi connectivity index (χ0v) is 17.7. The largest absolute Gasteiger partial charge is 0.341 e. The predicted octanol–water partition coefficient (Wildman–Crippen LogP) is 4.12. The number of rotatable bonds is 4. The number of benzene rings is 1. The summed E-state index contributed by atoms with van der Waals surface area (Å²) in [6, 6.07) is 12.6. The number of carbonyl (C=O) groups is 1. The molecule has 1 aromatic carbocycles. The maximum Gasteiger partial charge on any atom is 0.272 e. The number of hydrogen-bond acceptors (Lipinski definition) is 4. The molecule has 0 aliphatic carbocycles. The second-order valence-corrected chi connectivity index (χ2v) is 8.79. The van der Waals surface area contributed by atoms with Crippen LogP contribution in [0.3, 0.4) is 0 Å². The minimum atomic E-state index is 0.0580. The van der Waals surface area contributed by atoms with Crippen LogP contribution in [0.2, 0.25) is 0 Å². The van der Waals surface area contributed by atoms with Gasteiger partial charge < -0.3 is 9.80 Å². The van der Waals surface area contributed by atoms with Crippen molar-refractivity contribution in [1.29, 1.82) is 0 Å². The first-order valence-electron chi connectivity index (χ1n) is 11.0. The highest BCUT2D eigenvalue weighted by molar-refractivity contribution is 5.92. The minimum absolute atomic E-state index is 0.0580. The third-order valence-electron chi connectivity index (χ3n) is 6.40. The number of aromatic nitrogens is 2. The first kappa shape index (κ1) is 19.9. The van der Waals surface area contributed by atoms with E-state index in [9.17, 15) is 4.79 Å². The monoisotopic (exact) mass is 392 g/mol. The van der Waals surface area contributed by atoms with Crippen LogP contribution < -0.4 is 4.90 Å². The summed E-state index contributed by atoms with van der Waals surface area (Å²) >= 11 is 0. The van der Waals surface area contributed by atoms with E-state index in [-0.39, 0.29) is 5.91 Å². The summed E-state index contributed by atoms with van der Waals surface area (Å²) in [4.78, 5) is 26.5. The fraction of sp³-hybridized carbons (Fsp3) is 0.542. The third-order valence-corrected chi connectivity index (χ3v) is 6.40. The van der Waals surface area contributed by atoms with E-state index in [4.69, 9.17) is 0 Å². The standard InChI is InChI=1S/C24H32N4O/c1-18-8-12-27(13-9-18)23(29)22-16-19(2)25-24(26-22)28-14-10-21(11-15-28)17-20-6-4-3-5-7-20/h3-7,16,18,21H,8-15,17H2,1-2H3. The van der Waals surface area contributed by atoms with Gasteiger partial charge in [0.1, 0.15) is 5.69 Å². The number of aryl methyl sites for hydroxylation is 1. The van der Waals surface area contributed by atoms with Gasteiger partial charge in [0.05, 0.1) is 0 Å². The Morgan fingerprint density at radius 1 is 1.00 bits per heavy atom. The molecule has 2 aliphatic rings. The van der Waals surface area contributed by atoms with Gasteiger partial charge >= 0.3 is 0 Å². The summed E-state index contributed by atoms with van der Waals surface area (Å²) in [5.74, 6) is 2.19. The number of carbonyl (C=O) groups excluding carboxylic acids is 1. The van der Waals surface area contributed by atoms with E-state index < -0.39 is 0 Å². The molecular formula is C24H32N4O. The van der Waals surface area contributed by atoms with E-state index in [1.165, 1.54) is 5.56 Å². The average molecular weight is 393 g/mol. The van der Waals surface area contributed by atoms with Crippen LogP contribution in [0.1, 0.15) is 54.4 Å². The minimum Gasteiger partial charge on any atom is -0.341 e. The lowest BCUT2D eigenvalue weighted by molar-refractivity contribution is 0.0691. The van der Waals surface area contributed by atoms with Gasteiger partial charge in [-0.2, -0.15) is 0 Å². The maximum atomic E-state index is 13.0. The SMILES string of the molecule is Cc1cc(C(=O)N2CCC(C)CC2)nc(N2CCC(Cc3ccccc3)CC2)n1. The molecule has 5 heteroatoms. The number of nitrogens with zero attached hydrogens (tertiary/aromatic N) is 4. The molecule has 0 radical (unpaired) electrons. The Balaban J connectivity index is 1.40. The highest BCUT2D eigenvalue weighted by Gasteiger charge is 2.25. The van der Waals surface area contributed by atoms with Crippen LogP contribution in [0, 0.1) is 18.8 Å². The third kappa shape index (κ3) is 4.95. The Labute approximate surface area is 174 Å². The van der Waals surface area contributed by atoms with E-state index in [1.54, 1.807) is 0 Å². The van der Waals surface area contributed by atoms with E-state index >= 15 is 0 Å². The number of anilines is 1. The summed E-state index contributed by atoms with van der Waals surface area (Å²) in [6.45, 7) is 7.80. The summed E-state index contributed by atoms with van der Waals surface area (Å²) in [7, 11) is 0. The van der Waals surface area contributed by atoms with Crippen molar-refractivity contribution in [3.63, 3.8) is 0 Å². The molecule has 3 heterocycles. The summed E-state index contributed by atoms with van der Waals surface area (Å²) in [5.41, 5.74) is 2.84. The molecule has 0 N–H and O–H groups in total. The normalized spacial score (nSPS) is 18.8. The molecule has 0 atom stereocenters. The number of piperidine rings is 2. The fourth-order valence-corrected chi connectivity index (χ4v) is 4.46. The zero-order valence-electron chi connectivity index (χ0n) is 17.7. The smallest absolute Gasteiger partial charge is 0.272 e. The van der Waals surface area contributed by atoms with Gasteiger partial charge in [-0.25, -0.2) is 9.97 Å². The Morgan fingerprint density at radius 2 is 1.69 bits per heavy atom. The molecule has 0 unspecified atom stereocenters. The van der Waals surface area contributed by atoms with Crippen molar-refractivity contribution in [2.75, 3.05) is 31.1 Å². The molecule has 2 aliphatic heterocycles. The lowest BCUT2D eigenvalue weighted by atomic mass is 9.90. The molecular weight excluding hydrogens is 360 g/mol. The molecule has 29 heavy (non-hydrogen) atoms. The van der Waals surface area contributed by atoms with Crippen molar-refractivity contribution in [3.05, 3.63) is 53.3 Å². The maximum absolute atomic E-state index is 13.0. The second-order valence-electron chi connectivity index (χ2n) is 8.79. The quantitative estimate of drug-likeness (QED) is 0.785. The number of amides is 1. The molecule has 1 aromatic heterocycles. The van der Waals surface area contributed by atoms with E-state index in [0.717, 1.165) is 69.9 Å². The Kier molecular flexibility index (Phi) is 6.12. The molecule has 2 fully saturated rings. The zero-order chi connectivity index (χ0) is 20.2. The van der Waals surface area contributed by atoms with Crippen molar-refractivity contribution >= 4 is 11.9 Å². The fourth-order valence-electron chi connectivity index (χ4n) is 4.46. The molecule has 2 aromatic rings. The summed E-state index contributed by atoms with van der Waals surface area (Å²) in [6.07, 6.45) is 5.58. The number of likely N-dealkylation sites (tertiary alicyclic amines) is 1. The molecule has 0 saturated carbocycles. The van der Waals surface area contributed by atoms with Crippen LogP contribution in [0.15, 0.2) is 36.4 Å². The van der Waals surface area contributed by atoms with E-state index in [0.29, 0.717) is 17.5 Å². The van der Waals surface area contributed by atoms with Crippen LogP contribution in [-0.4, -0.2) is 47.0 Å². The van der Waals surface area contributed by atoms with Crippen LogP contribution in [0.5, 0.6) is 0 Å². The number of hydrogen-bond donors (Lipinski definition) is 0. The van der Waals surface area contributed by atoms with Gasteiger partial charge in [-0.1, -0.05) is 37.3 Å². The Hall–Kier alpha value is -2.43. The van der Waals surface area contributed by atoms with E-state index in [2.05, 4.69) is 52.1 Å². The van der Waals surface area contributed by atoms with Crippen molar-refractivity contribution in [2.45, 2.75) is 46.0 Å². The summed E-state index contributed by atoms with van der Waals surface area (Å²) in [5, 5.41) is 0. The first-order chi connectivity index (χ1) is 14.1. The summed E-state index contributed by atoms with van der Waals surface area (Å²) < 4.78 is 0. The molecule has 2 saturated heterocycles. The van der Waals surface area contributed by atoms with E-state index in [1.807, 2.05) is 17.9 Å². The van der Waals surface area contributed by atoms with Gasteiger partial charge in [0.25, 0.3) is 5.91 Å². The predicted molar refractivity (Wildman–Crippen MR) is 116 cm³/mol. The van der Waals surface area contributed by atoms with Gasteiger partial charge in [0.2, 0.25) is 5.95 Å². The van der Waals surface area contributed by atoms with Crippen molar-refractivity contribution in [2.24, 2.45) is 11.8 Å². The van der Waals surface area contributed by atoms with Crippen molar-refractivity contribution < 1.29 is 4.79 Å².